The highest BCUT2D eigenvalue weighted by Crippen LogP contribution is 2.26. The number of hydrogen-bond donors (Lipinski definition) is 1. The summed E-state index contributed by atoms with van der Waals surface area (Å²) >= 11 is 1.46. The van der Waals surface area contributed by atoms with Crippen LogP contribution < -0.4 is 5.32 Å². The lowest BCUT2D eigenvalue weighted by atomic mass is 10.2. The fourth-order valence-corrected chi connectivity index (χ4v) is 2.51. The molecule has 0 saturated carbocycles. The van der Waals surface area contributed by atoms with E-state index in [4.69, 9.17) is 10.00 Å². The summed E-state index contributed by atoms with van der Waals surface area (Å²) in [6.07, 6.45) is 1.32. The topological polar surface area (TPSA) is 75.0 Å². The van der Waals surface area contributed by atoms with Gasteiger partial charge < -0.3 is 10.1 Å². The first kappa shape index (κ1) is 14.0. The Balaban J connectivity index is 2.19. The number of nitrogens with zero attached hydrogens (tertiary/aromatic N) is 2. The van der Waals surface area contributed by atoms with E-state index in [0.717, 1.165) is 15.8 Å². The van der Waals surface area contributed by atoms with Crippen LogP contribution in [0.1, 0.15) is 12.5 Å². The van der Waals surface area contributed by atoms with Crippen molar-refractivity contribution >= 4 is 32.7 Å². The van der Waals surface area contributed by atoms with Crippen LogP contribution >= 0.6 is 11.3 Å². The molecule has 6 heteroatoms. The smallest absolute Gasteiger partial charge is 0.350 e. The van der Waals surface area contributed by atoms with E-state index in [2.05, 4.69) is 10.3 Å². The average Bonchev–Trinajstić information content (AvgIpc) is 2.81. The molecule has 0 unspecified atom stereocenters. The Labute approximate surface area is 120 Å². The summed E-state index contributed by atoms with van der Waals surface area (Å²) in [7, 11) is 0. The number of aromatic nitrogens is 1. The average molecular weight is 287 g/mol. The van der Waals surface area contributed by atoms with Crippen molar-refractivity contribution in [3.63, 3.8) is 0 Å². The van der Waals surface area contributed by atoms with Gasteiger partial charge >= 0.3 is 5.97 Å². The molecule has 1 heterocycles. The largest absolute Gasteiger partial charge is 0.462 e. The quantitative estimate of drug-likeness (QED) is 0.531. The lowest BCUT2D eigenvalue weighted by Gasteiger charge is -1.99. The van der Waals surface area contributed by atoms with Gasteiger partial charge in [0.1, 0.15) is 6.07 Å². The maximum Gasteiger partial charge on any atom is 0.350 e. The van der Waals surface area contributed by atoms with E-state index in [1.807, 2.05) is 25.1 Å². The minimum atomic E-state index is -0.639. The van der Waals surface area contributed by atoms with Crippen LogP contribution in [0, 0.1) is 18.3 Å². The number of nitrogens with one attached hydrogen (secondary N) is 1. The van der Waals surface area contributed by atoms with Gasteiger partial charge in [0.2, 0.25) is 0 Å². The van der Waals surface area contributed by atoms with Gasteiger partial charge in [-0.2, -0.15) is 5.26 Å². The number of carbonyl (C=O) groups excluding carboxylic acids is 1. The number of aryl methyl sites for hydroxylation is 1. The van der Waals surface area contributed by atoms with Gasteiger partial charge in [-0.3, -0.25) is 0 Å². The summed E-state index contributed by atoms with van der Waals surface area (Å²) in [6.45, 7) is 3.94. The number of fused-ring (bicyclic) bond motifs is 1. The minimum absolute atomic E-state index is 0.0812. The Morgan fingerprint density at radius 3 is 3.10 bits per heavy atom. The highest BCUT2D eigenvalue weighted by atomic mass is 32.1. The number of thiazole rings is 1. The van der Waals surface area contributed by atoms with Crippen molar-refractivity contribution in [1.29, 1.82) is 5.26 Å². The fraction of sp³-hybridized carbons (Fsp3) is 0.214. The molecular formula is C14H13N3O2S. The van der Waals surface area contributed by atoms with Gasteiger partial charge in [-0.25, -0.2) is 9.78 Å². The fourth-order valence-electron chi connectivity index (χ4n) is 1.57. The van der Waals surface area contributed by atoms with Crippen LogP contribution in [0.15, 0.2) is 30.0 Å². The van der Waals surface area contributed by atoms with E-state index in [1.165, 1.54) is 17.5 Å². The number of esters is 1. The van der Waals surface area contributed by atoms with E-state index in [9.17, 15) is 4.79 Å². The monoisotopic (exact) mass is 287 g/mol. The highest BCUT2D eigenvalue weighted by molar-refractivity contribution is 7.22. The summed E-state index contributed by atoms with van der Waals surface area (Å²) in [6, 6.07) is 7.77. The Kier molecular flexibility index (Phi) is 4.33. The second kappa shape index (κ2) is 6.17. The zero-order valence-corrected chi connectivity index (χ0v) is 12.0. The van der Waals surface area contributed by atoms with Gasteiger partial charge in [-0.15, -0.1) is 0 Å². The van der Waals surface area contributed by atoms with Crippen LogP contribution in [0.25, 0.3) is 10.2 Å². The molecule has 0 aliphatic carbocycles. The second-order valence-corrected chi connectivity index (χ2v) is 5.06. The van der Waals surface area contributed by atoms with Crippen molar-refractivity contribution in [2.24, 2.45) is 0 Å². The molecule has 20 heavy (non-hydrogen) atoms. The Morgan fingerprint density at radius 1 is 1.60 bits per heavy atom. The van der Waals surface area contributed by atoms with Crippen molar-refractivity contribution in [3.05, 3.63) is 35.5 Å². The molecule has 102 valence electrons. The van der Waals surface area contributed by atoms with Crippen LogP contribution in [-0.2, 0) is 9.53 Å². The zero-order chi connectivity index (χ0) is 14.5. The van der Waals surface area contributed by atoms with Gasteiger partial charge in [-0.05, 0) is 31.5 Å². The van der Waals surface area contributed by atoms with Crippen molar-refractivity contribution in [3.8, 4) is 6.07 Å². The molecule has 1 aromatic heterocycles. The highest BCUT2D eigenvalue weighted by Gasteiger charge is 2.10. The molecule has 0 bridgehead atoms. The van der Waals surface area contributed by atoms with E-state index >= 15 is 0 Å². The maximum absolute atomic E-state index is 11.4. The number of ether oxygens (including phenoxy) is 1. The van der Waals surface area contributed by atoms with Crippen LogP contribution in [0.2, 0.25) is 0 Å². The van der Waals surface area contributed by atoms with E-state index < -0.39 is 5.97 Å². The van der Waals surface area contributed by atoms with Gasteiger partial charge in [0.15, 0.2) is 10.7 Å². The van der Waals surface area contributed by atoms with Crippen LogP contribution in [-0.4, -0.2) is 17.6 Å². The first-order valence-electron chi connectivity index (χ1n) is 6.05. The molecule has 2 rings (SSSR count). The second-order valence-electron chi connectivity index (χ2n) is 4.02. The van der Waals surface area contributed by atoms with Gasteiger partial charge in [0.25, 0.3) is 0 Å². The zero-order valence-electron chi connectivity index (χ0n) is 11.1. The normalized spacial score (nSPS) is 11.2. The molecule has 0 aliphatic rings. The number of carbonyl (C=O) groups is 1. The number of anilines is 1. The van der Waals surface area contributed by atoms with E-state index in [1.54, 1.807) is 13.0 Å². The first-order valence-corrected chi connectivity index (χ1v) is 6.86. The molecule has 0 aliphatic heterocycles. The lowest BCUT2D eigenvalue weighted by molar-refractivity contribution is -0.138. The molecule has 0 spiro atoms. The molecule has 2 aromatic rings. The molecule has 5 nitrogen and oxygen atoms in total. The van der Waals surface area contributed by atoms with Gasteiger partial charge in [0.05, 0.1) is 16.8 Å². The predicted octanol–water partition coefficient (Wildman–Crippen LogP) is 2.99. The number of rotatable bonds is 4. The number of hydrogen-bond acceptors (Lipinski definition) is 6. The number of nitriles is 1. The Bertz CT molecular complexity index is 713. The maximum atomic E-state index is 11.4. The van der Waals surface area contributed by atoms with Crippen molar-refractivity contribution in [1.82, 2.24) is 4.98 Å². The molecular weight excluding hydrogens is 274 g/mol. The molecule has 0 fully saturated rings. The third-order valence-corrected chi connectivity index (χ3v) is 3.45. The molecule has 0 amide bonds. The van der Waals surface area contributed by atoms with Crippen LogP contribution in [0.5, 0.6) is 0 Å². The predicted molar refractivity (Wildman–Crippen MR) is 78.3 cm³/mol. The third kappa shape index (κ3) is 3.13. The van der Waals surface area contributed by atoms with Crippen LogP contribution in [0.3, 0.4) is 0 Å². The minimum Gasteiger partial charge on any atom is -0.462 e. The molecule has 0 radical (unpaired) electrons. The Morgan fingerprint density at radius 2 is 2.40 bits per heavy atom. The SMILES string of the molecule is CCOC(=O)/C(C#N)=C/Nc1nc2ccc(C)cc2s1. The number of benzene rings is 1. The Hall–Kier alpha value is -2.39. The third-order valence-electron chi connectivity index (χ3n) is 2.50. The molecule has 0 saturated heterocycles. The molecule has 1 aromatic carbocycles. The summed E-state index contributed by atoms with van der Waals surface area (Å²) in [4.78, 5) is 15.8. The summed E-state index contributed by atoms with van der Waals surface area (Å²) in [5, 5.41) is 12.4. The van der Waals surface area contributed by atoms with Crippen molar-refractivity contribution in [2.45, 2.75) is 13.8 Å². The molecule has 1 N–H and O–H groups in total. The van der Waals surface area contributed by atoms with Gasteiger partial charge in [0, 0.05) is 6.20 Å². The molecule has 0 atom stereocenters. The summed E-state index contributed by atoms with van der Waals surface area (Å²) < 4.78 is 5.82. The lowest BCUT2D eigenvalue weighted by Crippen LogP contribution is -2.07. The van der Waals surface area contributed by atoms with E-state index in [-0.39, 0.29) is 12.2 Å². The summed E-state index contributed by atoms with van der Waals surface area (Å²) in [5.41, 5.74) is 1.96. The van der Waals surface area contributed by atoms with Gasteiger partial charge in [-0.1, -0.05) is 17.4 Å². The van der Waals surface area contributed by atoms with Crippen molar-refractivity contribution < 1.29 is 9.53 Å². The van der Waals surface area contributed by atoms with Crippen LogP contribution in [0.4, 0.5) is 5.13 Å². The van der Waals surface area contributed by atoms with E-state index in [0.29, 0.717) is 5.13 Å². The summed E-state index contributed by atoms with van der Waals surface area (Å²) in [5.74, 6) is -0.639. The standard InChI is InChI=1S/C14H13N3O2S/c1-3-19-13(18)10(7-15)8-16-14-17-11-5-4-9(2)6-12(11)20-14/h4-6,8H,3H2,1-2H3,(H,16,17)/b10-8+. The van der Waals surface area contributed by atoms with Crippen molar-refractivity contribution in [2.75, 3.05) is 11.9 Å². The first-order chi connectivity index (χ1) is 9.63.